The highest BCUT2D eigenvalue weighted by molar-refractivity contribution is 5.68. The summed E-state index contributed by atoms with van der Waals surface area (Å²) in [6.07, 6.45) is 1.70. The maximum atomic E-state index is 11.9. The number of piperazine rings is 1. The summed E-state index contributed by atoms with van der Waals surface area (Å²) in [6, 6.07) is 1.99. The van der Waals surface area contributed by atoms with E-state index in [4.69, 9.17) is 4.74 Å². The van der Waals surface area contributed by atoms with Crippen molar-refractivity contribution in [3.05, 3.63) is 25.4 Å². The molecule has 0 bridgehead atoms. The fraction of sp³-hybridized carbons (Fsp3) is 0.600. The monoisotopic (exact) mass is 294 g/mol. The average Bonchev–Trinajstić information content (AvgIpc) is 2.86. The summed E-state index contributed by atoms with van der Waals surface area (Å²) in [6.45, 7) is 14.6. The highest BCUT2D eigenvalue weighted by atomic mass is 16.6. The summed E-state index contributed by atoms with van der Waals surface area (Å²) < 4.78 is 7.16. The first-order valence-corrected chi connectivity index (χ1v) is 7.08. The predicted octanol–water partition coefficient (Wildman–Crippen LogP) is 2.28. The lowest BCUT2D eigenvalue weighted by molar-refractivity contribution is 0.0240. The van der Waals surface area contributed by atoms with Crippen LogP contribution in [-0.4, -0.2) is 52.6 Å². The molecule has 1 aromatic heterocycles. The van der Waals surface area contributed by atoms with Gasteiger partial charge in [-0.15, -0.1) is 13.2 Å². The van der Waals surface area contributed by atoms with Gasteiger partial charge in [-0.05, 0) is 20.8 Å². The Bertz CT molecular complexity index is 456. The standard InChI is InChI=1S/C13H22N4O2.C2H4/c1-13(2,3)19-12(18)17-9-7-16(8-10-17)11-5-6-15(4)14-11;1-2/h5-6H,7-10H2,1-4H3;1-2H2. The number of carbonyl (C=O) groups is 1. The molecular formula is C15H26N4O2. The number of carbonyl (C=O) groups excluding carboxylic acids is 1. The minimum atomic E-state index is -0.435. The molecule has 1 aliphatic rings. The van der Waals surface area contributed by atoms with Crippen molar-refractivity contribution >= 4 is 11.9 Å². The average molecular weight is 294 g/mol. The van der Waals surface area contributed by atoms with Crippen LogP contribution in [0.3, 0.4) is 0 Å². The van der Waals surface area contributed by atoms with Gasteiger partial charge in [0.05, 0.1) is 0 Å². The highest BCUT2D eigenvalue weighted by Gasteiger charge is 2.26. The fourth-order valence-electron chi connectivity index (χ4n) is 2.02. The number of hydrogen-bond acceptors (Lipinski definition) is 4. The van der Waals surface area contributed by atoms with Crippen molar-refractivity contribution in [1.82, 2.24) is 14.7 Å². The number of aromatic nitrogens is 2. The Hall–Kier alpha value is -1.98. The Morgan fingerprint density at radius 1 is 1.24 bits per heavy atom. The number of nitrogens with zero attached hydrogens (tertiary/aromatic N) is 4. The summed E-state index contributed by atoms with van der Waals surface area (Å²) in [5, 5.41) is 4.37. The van der Waals surface area contributed by atoms with Crippen LogP contribution in [0.5, 0.6) is 0 Å². The molecule has 0 spiro atoms. The van der Waals surface area contributed by atoms with E-state index in [9.17, 15) is 4.79 Å². The van der Waals surface area contributed by atoms with Crippen LogP contribution in [0.4, 0.5) is 10.6 Å². The second-order valence-electron chi connectivity index (χ2n) is 5.80. The summed E-state index contributed by atoms with van der Waals surface area (Å²) in [7, 11) is 1.90. The van der Waals surface area contributed by atoms with E-state index in [0.29, 0.717) is 13.1 Å². The summed E-state index contributed by atoms with van der Waals surface area (Å²) in [5.41, 5.74) is -0.435. The lowest BCUT2D eigenvalue weighted by Crippen LogP contribution is -2.50. The van der Waals surface area contributed by atoms with Crippen LogP contribution in [0.2, 0.25) is 0 Å². The van der Waals surface area contributed by atoms with Gasteiger partial charge in [0.25, 0.3) is 0 Å². The maximum absolute atomic E-state index is 11.9. The van der Waals surface area contributed by atoms with Gasteiger partial charge in [-0.1, -0.05) is 0 Å². The first kappa shape index (κ1) is 17.1. The minimum absolute atomic E-state index is 0.229. The first-order chi connectivity index (χ1) is 9.85. The largest absolute Gasteiger partial charge is 0.444 e. The molecule has 0 aliphatic carbocycles. The molecule has 0 aromatic carbocycles. The van der Waals surface area contributed by atoms with Gasteiger partial charge in [-0.25, -0.2) is 4.79 Å². The van der Waals surface area contributed by atoms with Crippen molar-refractivity contribution in [2.45, 2.75) is 26.4 Å². The lowest BCUT2D eigenvalue weighted by Gasteiger charge is -2.35. The molecule has 0 radical (unpaired) electrons. The molecule has 1 aliphatic heterocycles. The lowest BCUT2D eigenvalue weighted by atomic mass is 10.2. The molecule has 1 saturated heterocycles. The number of amides is 1. The van der Waals surface area contributed by atoms with Gasteiger partial charge in [0.2, 0.25) is 0 Å². The molecule has 21 heavy (non-hydrogen) atoms. The van der Waals surface area contributed by atoms with Gasteiger partial charge in [0, 0.05) is 45.5 Å². The first-order valence-electron chi connectivity index (χ1n) is 7.08. The van der Waals surface area contributed by atoms with Crippen LogP contribution in [0.25, 0.3) is 0 Å². The Labute approximate surface area is 127 Å². The number of aryl methyl sites for hydroxylation is 1. The van der Waals surface area contributed by atoms with Crippen LogP contribution >= 0.6 is 0 Å². The molecule has 1 amide bonds. The Morgan fingerprint density at radius 2 is 1.81 bits per heavy atom. The van der Waals surface area contributed by atoms with Crippen LogP contribution in [0.1, 0.15) is 20.8 Å². The van der Waals surface area contributed by atoms with Gasteiger partial charge < -0.3 is 14.5 Å². The highest BCUT2D eigenvalue weighted by Crippen LogP contribution is 2.15. The third-order valence-corrected chi connectivity index (χ3v) is 2.95. The van der Waals surface area contributed by atoms with Crippen LogP contribution in [0, 0.1) is 0 Å². The van der Waals surface area contributed by atoms with Gasteiger partial charge in [-0.3, -0.25) is 4.68 Å². The normalized spacial score (nSPS) is 15.2. The fourth-order valence-corrected chi connectivity index (χ4v) is 2.02. The molecule has 118 valence electrons. The van der Waals surface area contributed by atoms with E-state index >= 15 is 0 Å². The van der Waals surface area contributed by atoms with Crippen LogP contribution < -0.4 is 4.90 Å². The summed E-state index contributed by atoms with van der Waals surface area (Å²) >= 11 is 0. The minimum Gasteiger partial charge on any atom is -0.444 e. The molecule has 0 unspecified atom stereocenters. The van der Waals surface area contributed by atoms with Crippen molar-refractivity contribution in [3.63, 3.8) is 0 Å². The second kappa shape index (κ2) is 7.15. The zero-order chi connectivity index (χ0) is 16.0. The van der Waals surface area contributed by atoms with E-state index in [-0.39, 0.29) is 6.09 Å². The van der Waals surface area contributed by atoms with E-state index < -0.39 is 5.60 Å². The number of ether oxygens (including phenoxy) is 1. The molecule has 1 fully saturated rings. The molecule has 1 aromatic rings. The van der Waals surface area contributed by atoms with Gasteiger partial charge in [0.15, 0.2) is 5.82 Å². The van der Waals surface area contributed by atoms with Crippen LogP contribution in [0.15, 0.2) is 25.4 Å². The smallest absolute Gasteiger partial charge is 0.410 e. The zero-order valence-electron chi connectivity index (χ0n) is 13.5. The topological polar surface area (TPSA) is 50.6 Å². The molecule has 6 heteroatoms. The van der Waals surface area contributed by atoms with Crippen molar-refractivity contribution < 1.29 is 9.53 Å². The third-order valence-electron chi connectivity index (χ3n) is 2.95. The number of hydrogen-bond donors (Lipinski definition) is 0. The van der Waals surface area contributed by atoms with E-state index in [1.165, 1.54) is 0 Å². The third kappa shape index (κ3) is 5.13. The Balaban J connectivity index is 0.00000106. The van der Waals surface area contributed by atoms with Crippen molar-refractivity contribution in [3.8, 4) is 0 Å². The molecule has 0 saturated carbocycles. The Morgan fingerprint density at radius 3 is 2.24 bits per heavy atom. The SMILES string of the molecule is C=C.Cn1ccc(N2CCN(C(=O)OC(C)(C)C)CC2)n1. The van der Waals surface area contributed by atoms with Crippen molar-refractivity contribution in [2.24, 2.45) is 7.05 Å². The quantitative estimate of drug-likeness (QED) is 0.746. The molecule has 0 atom stereocenters. The van der Waals surface area contributed by atoms with E-state index in [0.717, 1.165) is 18.9 Å². The molecule has 2 rings (SSSR count). The van der Waals surface area contributed by atoms with E-state index in [1.54, 1.807) is 9.58 Å². The number of rotatable bonds is 1. The van der Waals surface area contributed by atoms with Gasteiger partial charge in [-0.2, -0.15) is 5.10 Å². The molecular weight excluding hydrogens is 268 g/mol. The predicted molar refractivity (Wildman–Crippen MR) is 84.5 cm³/mol. The van der Waals surface area contributed by atoms with Crippen LogP contribution in [-0.2, 0) is 11.8 Å². The maximum Gasteiger partial charge on any atom is 0.410 e. The molecule has 6 nitrogen and oxygen atoms in total. The van der Waals surface area contributed by atoms with E-state index in [1.807, 2.05) is 40.1 Å². The van der Waals surface area contributed by atoms with Gasteiger partial charge in [0.1, 0.15) is 5.60 Å². The molecule has 0 N–H and O–H groups in total. The van der Waals surface area contributed by atoms with Gasteiger partial charge >= 0.3 is 6.09 Å². The van der Waals surface area contributed by atoms with Crippen molar-refractivity contribution in [2.75, 3.05) is 31.1 Å². The number of anilines is 1. The second-order valence-corrected chi connectivity index (χ2v) is 5.80. The Kier molecular flexibility index (Phi) is 5.81. The zero-order valence-corrected chi connectivity index (χ0v) is 13.5. The summed E-state index contributed by atoms with van der Waals surface area (Å²) in [5.74, 6) is 0.964. The summed E-state index contributed by atoms with van der Waals surface area (Å²) in [4.78, 5) is 15.9. The van der Waals surface area contributed by atoms with Crippen molar-refractivity contribution in [1.29, 1.82) is 0 Å². The van der Waals surface area contributed by atoms with E-state index in [2.05, 4.69) is 23.2 Å². The molecule has 2 heterocycles.